The Labute approximate surface area is 112 Å². The summed E-state index contributed by atoms with van der Waals surface area (Å²) in [6, 6.07) is 11.4. The molecule has 1 atom stereocenters. The molecule has 1 aromatic heterocycles. The van der Waals surface area contributed by atoms with Crippen molar-refractivity contribution in [3.63, 3.8) is 0 Å². The van der Waals surface area contributed by atoms with Gasteiger partial charge in [0.15, 0.2) is 0 Å². The first-order valence-electron chi connectivity index (χ1n) is 5.78. The Morgan fingerprint density at radius 2 is 2.00 bits per heavy atom. The van der Waals surface area contributed by atoms with Crippen LogP contribution in [0.5, 0.6) is 0 Å². The molecule has 0 saturated carbocycles. The van der Waals surface area contributed by atoms with Gasteiger partial charge in [0, 0.05) is 12.2 Å². The van der Waals surface area contributed by atoms with Gasteiger partial charge < -0.3 is 5.73 Å². The number of anilines is 1. The van der Waals surface area contributed by atoms with E-state index in [-0.39, 0.29) is 16.8 Å². The summed E-state index contributed by atoms with van der Waals surface area (Å²) in [7, 11) is -3.64. The van der Waals surface area contributed by atoms with E-state index in [9.17, 15) is 8.42 Å². The Bertz CT molecular complexity index is 655. The van der Waals surface area contributed by atoms with E-state index >= 15 is 0 Å². The van der Waals surface area contributed by atoms with Crippen LogP contribution in [0, 0.1) is 0 Å². The van der Waals surface area contributed by atoms with Gasteiger partial charge in [-0.05, 0) is 36.8 Å². The highest BCUT2D eigenvalue weighted by atomic mass is 32.2. The van der Waals surface area contributed by atoms with Crippen molar-refractivity contribution < 1.29 is 8.42 Å². The number of pyridine rings is 1. The molecule has 5 nitrogen and oxygen atoms in total. The normalized spacial score (nSPS) is 12.9. The molecule has 0 spiro atoms. The molecule has 6 heteroatoms. The summed E-state index contributed by atoms with van der Waals surface area (Å²) >= 11 is 0. The number of aromatic nitrogens is 1. The monoisotopic (exact) mass is 277 g/mol. The molecular formula is C13H15N3O2S. The van der Waals surface area contributed by atoms with Gasteiger partial charge >= 0.3 is 0 Å². The smallest absolute Gasteiger partial charge is 0.263 e. The van der Waals surface area contributed by atoms with Crippen molar-refractivity contribution in [2.75, 3.05) is 4.72 Å². The predicted molar refractivity (Wildman–Crippen MR) is 74.1 cm³/mol. The Kier molecular flexibility index (Phi) is 3.82. The summed E-state index contributed by atoms with van der Waals surface area (Å²) in [4.78, 5) is 4.11. The van der Waals surface area contributed by atoms with Gasteiger partial charge in [0.1, 0.15) is 5.82 Å². The highest BCUT2D eigenvalue weighted by Crippen LogP contribution is 2.18. The maximum absolute atomic E-state index is 12.2. The number of hydrogen-bond acceptors (Lipinski definition) is 4. The summed E-state index contributed by atoms with van der Waals surface area (Å²) in [5.74, 6) is 0.286. The molecule has 2 aromatic rings. The maximum atomic E-state index is 12.2. The van der Waals surface area contributed by atoms with Crippen LogP contribution in [0.25, 0.3) is 0 Å². The van der Waals surface area contributed by atoms with Crippen LogP contribution in [0.3, 0.4) is 0 Å². The Morgan fingerprint density at radius 3 is 2.63 bits per heavy atom. The molecule has 2 rings (SSSR count). The molecule has 0 aliphatic carbocycles. The molecule has 1 heterocycles. The number of nitrogens with zero attached hydrogens (tertiary/aromatic N) is 1. The van der Waals surface area contributed by atoms with E-state index in [4.69, 9.17) is 5.73 Å². The highest BCUT2D eigenvalue weighted by molar-refractivity contribution is 7.92. The number of sulfonamides is 1. The number of nitrogens with one attached hydrogen (secondary N) is 1. The van der Waals surface area contributed by atoms with Gasteiger partial charge in [-0.2, -0.15) is 0 Å². The first kappa shape index (κ1) is 13.5. The first-order chi connectivity index (χ1) is 8.99. The second-order valence-electron chi connectivity index (χ2n) is 4.18. The van der Waals surface area contributed by atoms with Crippen molar-refractivity contribution in [3.8, 4) is 0 Å². The van der Waals surface area contributed by atoms with E-state index in [1.54, 1.807) is 43.3 Å². The minimum atomic E-state index is -3.64. The second-order valence-corrected chi connectivity index (χ2v) is 5.86. The average molecular weight is 277 g/mol. The number of benzene rings is 1. The lowest BCUT2D eigenvalue weighted by atomic mass is 10.1. The first-order valence-corrected chi connectivity index (χ1v) is 7.27. The maximum Gasteiger partial charge on any atom is 0.263 e. The summed E-state index contributed by atoms with van der Waals surface area (Å²) in [6.07, 6.45) is 1.52. The molecule has 0 bridgehead atoms. The topological polar surface area (TPSA) is 85.1 Å². The molecule has 1 unspecified atom stereocenters. The SMILES string of the molecule is CC(N)c1cccc(S(=O)(=O)Nc2ccccn2)c1. The van der Waals surface area contributed by atoms with Gasteiger partial charge in [0.2, 0.25) is 0 Å². The van der Waals surface area contributed by atoms with Crippen LogP contribution in [-0.4, -0.2) is 13.4 Å². The van der Waals surface area contributed by atoms with Crippen LogP contribution in [0.2, 0.25) is 0 Å². The van der Waals surface area contributed by atoms with Crippen molar-refractivity contribution in [1.29, 1.82) is 0 Å². The third kappa shape index (κ3) is 3.30. The molecule has 0 amide bonds. The van der Waals surface area contributed by atoms with Crippen LogP contribution in [0.1, 0.15) is 18.5 Å². The third-order valence-corrected chi connectivity index (χ3v) is 3.95. The zero-order valence-corrected chi connectivity index (χ0v) is 11.3. The van der Waals surface area contributed by atoms with Crippen molar-refractivity contribution in [2.24, 2.45) is 5.73 Å². The van der Waals surface area contributed by atoms with Gasteiger partial charge in [-0.1, -0.05) is 18.2 Å². The van der Waals surface area contributed by atoms with Crippen molar-refractivity contribution >= 4 is 15.8 Å². The molecule has 19 heavy (non-hydrogen) atoms. The largest absolute Gasteiger partial charge is 0.324 e. The zero-order chi connectivity index (χ0) is 13.9. The lowest BCUT2D eigenvalue weighted by Crippen LogP contribution is -2.15. The molecule has 0 aliphatic rings. The fourth-order valence-corrected chi connectivity index (χ4v) is 2.65. The van der Waals surface area contributed by atoms with Gasteiger partial charge in [-0.3, -0.25) is 4.72 Å². The van der Waals surface area contributed by atoms with Gasteiger partial charge in [0.25, 0.3) is 10.0 Å². The molecular weight excluding hydrogens is 262 g/mol. The second kappa shape index (κ2) is 5.38. The van der Waals surface area contributed by atoms with Crippen LogP contribution < -0.4 is 10.5 Å². The fraction of sp³-hybridized carbons (Fsp3) is 0.154. The Hall–Kier alpha value is -1.92. The van der Waals surface area contributed by atoms with Crippen LogP contribution >= 0.6 is 0 Å². The van der Waals surface area contributed by atoms with E-state index in [0.29, 0.717) is 0 Å². The Balaban J connectivity index is 2.32. The Morgan fingerprint density at radius 1 is 1.21 bits per heavy atom. The summed E-state index contributed by atoms with van der Waals surface area (Å²) in [5.41, 5.74) is 6.52. The van der Waals surface area contributed by atoms with E-state index in [1.807, 2.05) is 0 Å². The molecule has 0 radical (unpaired) electrons. The predicted octanol–water partition coefficient (Wildman–Crippen LogP) is 1.90. The molecule has 0 saturated heterocycles. The molecule has 3 N–H and O–H groups in total. The van der Waals surface area contributed by atoms with E-state index < -0.39 is 10.0 Å². The quantitative estimate of drug-likeness (QED) is 0.893. The minimum absolute atomic E-state index is 0.174. The lowest BCUT2D eigenvalue weighted by Gasteiger charge is -2.10. The van der Waals surface area contributed by atoms with Gasteiger partial charge in [0.05, 0.1) is 4.90 Å². The van der Waals surface area contributed by atoms with E-state index in [0.717, 1.165) is 5.56 Å². The molecule has 0 aliphatic heterocycles. The fourth-order valence-electron chi connectivity index (χ4n) is 1.58. The van der Waals surface area contributed by atoms with Gasteiger partial charge in [-0.25, -0.2) is 13.4 Å². The number of rotatable bonds is 4. The van der Waals surface area contributed by atoms with Crippen molar-refractivity contribution in [2.45, 2.75) is 17.9 Å². The van der Waals surface area contributed by atoms with Gasteiger partial charge in [-0.15, -0.1) is 0 Å². The molecule has 0 fully saturated rings. The van der Waals surface area contributed by atoms with E-state index in [1.165, 1.54) is 12.3 Å². The van der Waals surface area contributed by atoms with Crippen molar-refractivity contribution in [1.82, 2.24) is 4.98 Å². The van der Waals surface area contributed by atoms with E-state index in [2.05, 4.69) is 9.71 Å². The standard InChI is InChI=1S/C13H15N3O2S/c1-10(14)11-5-4-6-12(9-11)19(17,18)16-13-7-2-3-8-15-13/h2-10H,14H2,1H3,(H,15,16). The van der Waals surface area contributed by atoms with Crippen LogP contribution in [0.15, 0.2) is 53.6 Å². The average Bonchev–Trinajstić information content (AvgIpc) is 2.39. The van der Waals surface area contributed by atoms with Crippen LogP contribution in [-0.2, 0) is 10.0 Å². The van der Waals surface area contributed by atoms with Crippen LogP contribution in [0.4, 0.5) is 5.82 Å². The van der Waals surface area contributed by atoms with Crippen molar-refractivity contribution in [3.05, 3.63) is 54.2 Å². The lowest BCUT2D eigenvalue weighted by molar-refractivity contribution is 0.600. The molecule has 1 aromatic carbocycles. The third-order valence-electron chi connectivity index (χ3n) is 2.60. The number of hydrogen-bond donors (Lipinski definition) is 2. The zero-order valence-electron chi connectivity index (χ0n) is 10.4. The highest BCUT2D eigenvalue weighted by Gasteiger charge is 2.15. The summed E-state index contributed by atoms with van der Waals surface area (Å²) < 4.78 is 26.8. The minimum Gasteiger partial charge on any atom is -0.324 e. The summed E-state index contributed by atoms with van der Waals surface area (Å²) in [6.45, 7) is 1.80. The number of nitrogens with two attached hydrogens (primary N) is 1. The molecule has 100 valence electrons. The summed E-state index contributed by atoms with van der Waals surface area (Å²) in [5, 5.41) is 0.